The van der Waals surface area contributed by atoms with Crippen molar-refractivity contribution in [2.24, 2.45) is 0 Å². The maximum Gasteiger partial charge on any atom is 0.254 e. The molecule has 2 atom stereocenters. The maximum absolute atomic E-state index is 13.4. The first kappa shape index (κ1) is 30.8. The second-order valence-electron chi connectivity index (χ2n) is 10.5. The van der Waals surface area contributed by atoms with Crippen LogP contribution in [0, 0.1) is 11.8 Å². The third-order valence-corrected chi connectivity index (χ3v) is 7.63. The van der Waals surface area contributed by atoms with Crippen molar-refractivity contribution in [2.75, 3.05) is 27.3 Å². The number of ketones is 1. The molecule has 1 fully saturated rings. The average Bonchev–Trinajstić information content (AvgIpc) is 3.56. The molecule has 8 heteroatoms. The number of ether oxygens (including phenoxy) is 2. The minimum absolute atomic E-state index is 0.335. The molecule has 0 bridgehead atoms. The lowest BCUT2D eigenvalue weighted by atomic mass is 9.92. The molecule has 1 aliphatic heterocycles. The van der Waals surface area contributed by atoms with Gasteiger partial charge in [-0.25, -0.2) is 0 Å². The Kier molecular flexibility index (Phi) is 10.7. The molecule has 8 nitrogen and oxygen atoms in total. The van der Waals surface area contributed by atoms with Gasteiger partial charge >= 0.3 is 0 Å². The zero-order valence-corrected chi connectivity index (χ0v) is 24.5. The van der Waals surface area contributed by atoms with Crippen LogP contribution in [0.2, 0.25) is 0 Å². The van der Waals surface area contributed by atoms with Gasteiger partial charge in [-0.1, -0.05) is 24.0 Å². The molecule has 0 spiro atoms. The van der Waals surface area contributed by atoms with E-state index in [2.05, 4.69) is 29.3 Å². The summed E-state index contributed by atoms with van der Waals surface area (Å²) < 4.78 is 16.5. The molecule has 42 heavy (non-hydrogen) atoms. The van der Waals surface area contributed by atoms with Gasteiger partial charge < -0.3 is 24.1 Å². The first-order valence-electron chi connectivity index (χ1n) is 14.3. The predicted octanol–water partition coefficient (Wildman–Crippen LogP) is 4.54. The number of likely N-dealkylation sites (N-methyl/N-ethyl adjacent to an activating group) is 2. The molecule has 1 aromatic heterocycles. The first-order chi connectivity index (χ1) is 20.3. The molecule has 0 saturated carbocycles. The largest absolute Gasteiger partial charge is 0.469 e. The van der Waals surface area contributed by atoms with E-state index in [1.54, 1.807) is 30.5 Å². The van der Waals surface area contributed by atoms with E-state index in [4.69, 9.17) is 13.9 Å². The van der Waals surface area contributed by atoms with Gasteiger partial charge in [0.05, 0.1) is 6.26 Å². The SMILES string of the molecule is CNC(=O)[C@@](C)(C(=O)COC1CCCCO1)N(C)C(=O)c1ccc(C#Cc2ccc(CCCc3ccco3)cc2)cc1. The molecule has 1 N–H and O–H groups in total. The van der Waals surface area contributed by atoms with E-state index in [9.17, 15) is 14.4 Å². The molecular weight excluding hydrogens is 532 g/mol. The van der Waals surface area contributed by atoms with Gasteiger partial charge in [-0.2, -0.15) is 0 Å². The van der Waals surface area contributed by atoms with E-state index >= 15 is 0 Å². The number of hydrogen-bond acceptors (Lipinski definition) is 6. The highest BCUT2D eigenvalue weighted by Gasteiger charge is 2.46. The lowest BCUT2D eigenvalue weighted by Crippen LogP contribution is -2.62. The number of rotatable bonds is 11. The van der Waals surface area contributed by atoms with Crippen LogP contribution in [-0.2, 0) is 31.9 Å². The molecule has 3 aromatic rings. The van der Waals surface area contributed by atoms with Crippen LogP contribution in [0.4, 0.5) is 0 Å². The van der Waals surface area contributed by atoms with Crippen molar-refractivity contribution >= 4 is 17.6 Å². The summed E-state index contributed by atoms with van der Waals surface area (Å²) in [5.41, 5.74) is 1.45. The topological polar surface area (TPSA) is 98.1 Å². The number of amides is 2. The first-order valence-corrected chi connectivity index (χ1v) is 14.3. The van der Waals surface area contributed by atoms with E-state index in [1.807, 2.05) is 24.3 Å². The molecule has 0 aliphatic carbocycles. The molecule has 1 unspecified atom stereocenters. The standard InChI is InChI=1S/C34H38N2O6/c1-34(33(39)35-2,30(37)24-42-31-11-4-5-22-41-31)36(3)32(38)28-20-18-27(19-21-28)17-16-26-14-12-25(13-15-26)8-6-9-29-10-7-23-40-29/h7,10,12-15,18-21,23,31H,4-6,8-9,11,22,24H2,1-3H3,(H,35,39)/t31?,34-/m1/s1. The Morgan fingerprint density at radius 2 is 1.69 bits per heavy atom. The Morgan fingerprint density at radius 3 is 2.29 bits per heavy atom. The fraction of sp³-hybridized carbons (Fsp3) is 0.382. The number of nitrogens with one attached hydrogen (secondary N) is 1. The Labute approximate surface area is 247 Å². The summed E-state index contributed by atoms with van der Waals surface area (Å²) in [7, 11) is 2.88. The molecule has 4 rings (SSSR count). The number of Topliss-reactive ketones (excluding diaryl/α,β-unsaturated/α-hetero) is 1. The van der Waals surface area contributed by atoms with Gasteiger partial charge in [0.2, 0.25) is 0 Å². The third kappa shape index (κ3) is 7.75. The molecule has 1 aliphatic rings. The summed E-state index contributed by atoms with van der Waals surface area (Å²) in [5, 5.41) is 2.51. The Morgan fingerprint density at radius 1 is 1.00 bits per heavy atom. The van der Waals surface area contributed by atoms with Crippen LogP contribution in [0.25, 0.3) is 0 Å². The summed E-state index contributed by atoms with van der Waals surface area (Å²) >= 11 is 0. The van der Waals surface area contributed by atoms with Crippen LogP contribution in [0.3, 0.4) is 0 Å². The summed E-state index contributed by atoms with van der Waals surface area (Å²) in [5.74, 6) is 5.70. The molecule has 2 amide bonds. The minimum atomic E-state index is -1.76. The molecule has 2 aromatic carbocycles. The van der Waals surface area contributed by atoms with Crippen LogP contribution < -0.4 is 5.32 Å². The van der Waals surface area contributed by atoms with Crippen LogP contribution >= 0.6 is 0 Å². The second-order valence-corrected chi connectivity index (χ2v) is 10.5. The van der Waals surface area contributed by atoms with Crippen molar-refractivity contribution in [2.45, 2.75) is 57.3 Å². The van der Waals surface area contributed by atoms with Crippen LogP contribution in [0.15, 0.2) is 71.3 Å². The predicted molar refractivity (Wildman–Crippen MR) is 159 cm³/mol. The third-order valence-electron chi connectivity index (χ3n) is 7.63. The highest BCUT2D eigenvalue weighted by molar-refractivity contribution is 6.14. The van der Waals surface area contributed by atoms with E-state index in [0.717, 1.165) is 53.9 Å². The number of hydrogen-bond donors (Lipinski definition) is 1. The molecule has 1 saturated heterocycles. The van der Waals surface area contributed by atoms with Crippen molar-refractivity contribution in [3.05, 3.63) is 94.9 Å². The fourth-order valence-electron chi connectivity index (χ4n) is 4.77. The average molecular weight is 571 g/mol. The number of nitrogens with zero attached hydrogens (tertiary/aromatic N) is 1. The maximum atomic E-state index is 13.4. The van der Waals surface area contributed by atoms with Crippen molar-refractivity contribution in [1.29, 1.82) is 0 Å². The summed E-state index contributed by atoms with van der Waals surface area (Å²) in [6.45, 7) is 1.67. The van der Waals surface area contributed by atoms with Gasteiger partial charge in [-0.15, -0.1) is 0 Å². The van der Waals surface area contributed by atoms with Gasteiger partial charge in [-0.05, 0) is 93.1 Å². The second kappa shape index (κ2) is 14.6. The van der Waals surface area contributed by atoms with Crippen LogP contribution in [-0.4, -0.2) is 61.6 Å². The molecular formula is C34H38N2O6. The van der Waals surface area contributed by atoms with Crippen LogP contribution in [0.5, 0.6) is 0 Å². The van der Waals surface area contributed by atoms with E-state index < -0.39 is 29.4 Å². The normalized spacial score (nSPS) is 16.0. The van der Waals surface area contributed by atoms with Crippen molar-refractivity contribution in [1.82, 2.24) is 10.2 Å². The lowest BCUT2D eigenvalue weighted by molar-refractivity contribution is -0.174. The number of carbonyl (C=O) groups is 3. The zero-order chi connectivity index (χ0) is 30.0. The lowest BCUT2D eigenvalue weighted by Gasteiger charge is -2.36. The fourth-order valence-corrected chi connectivity index (χ4v) is 4.77. The number of carbonyl (C=O) groups excluding carboxylic acids is 3. The number of aryl methyl sites for hydroxylation is 2. The van der Waals surface area contributed by atoms with Crippen molar-refractivity contribution in [3.8, 4) is 11.8 Å². The summed E-state index contributed by atoms with van der Waals surface area (Å²) in [4.78, 5) is 40.6. The highest BCUT2D eigenvalue weighted by atomic mass is 16.7. The van der Waals surface area contributed by atoms with Gasteiger partial charge in [0.15, 0.2) is 17.6 Å². The van der Waals surface area contributed by atoms with Gasteiger partial charge in [0.25, 0.3) is 11.8 Å². The van der Waals surface area contributed by atoms with Crippen molar-refractivity contribution in [3.63, 3.8) is 0 Å². The zero-order valence-electron chi connectivity index (χ0n) is 24.5. The molecule has 2 heterocycles. The van der Waals surface area contributed by atoms with Gasteiger partial charge in [0, 0.05) is 43.8 Å². The Hall–Kier alpha value is -4.19. The van der Waals surface area contributed by atoms with Crippen LogP contribution in [0.1, 0.15) is 65.4 Å². The Balaban J connectivity index is 1.36. The van der Waals surface area contributed by atoms with Crippen molar-refractivity contribution < 1.29 is 28.3 Å². The summed E-state index contributed by atoms with van der Waals surface area (Å²) in [6.07, 6.45) is 6.69. The number of benzene rings is 2. The molecule has 0 radical (unpaired) electrons. The Bertz CT molecular complexity index is 1400. The monoisotopic (exact) mass is 570 g/mol. The molecule has 220 valence electrons. The minimum Gasteiger partial charge on any atom is -0.469 e. The van der Waals surface area contributed by atoms with Gasteiger partial charge in [0.1, 0.15) is 12.4 Å². The van der Waals surface area contributed by atoms with E-state index in [1.165, 1.54) is 26.6 Å². The summed E-state index contributed by atoms with van der Waals surface area (Å²) in [6, 6.07) is 18.9. The number of furan rings is 1. The highest BCUT2D eigenvalue weighted by Crippen LogP contribution is 2.21. The van der Waals surface area contributed by atoms with E-state index in [-0.39, 0.29) is 6.61 Å². The quantitative estimate of drug-likeness (QED) is 0.269. The smallest absolute Gasteiger partial charge is 0.254 e. The van der Waals surface area contributed by atoms with E-state index in [0.29, 0.717) is 18.6 Å². The van der Waals surface area contributed by atoms with Gasteiger partial charge in [-0.3, -0.25) is 14.4 Å².